The van der Waals surface area contributed by atoms with Gasteiger partial charge in [-0.1, -0.05) is 54.8 Å². The van der Waals surface area contributed by atoms with Crippen molar-refractivity contribution in [3.8, 4) is 17.4 Å². The minimum Gasteiger partial charge on any atom is -0.476 e. The zero-order chi connectivity index (χ0) is 43.9. The smallest absolute Gasteiger partial charge is 0.268 e. The number of anilines is 1. The van der Waals surface area contributed by atoms with Crippen LogP contribution in [0.25, 0.3) is 16.6 Å². The summed E-state index contributed by atoms with van der Waals surface area (Å²) in [6.07, 6.45) is 10.7. The van der Waals surface area contributed by atoms with E-state index in [-0.39, 0.29) is 38.4 Å². The van der Waals surface area contributed by atoms with Gasteiger partial charge in [0.1, 0.15) is 27.1 Å². The van der Waals surface area contributed by atoms with Crippen molar-refractivity contribution in [2.45, 2.75) is 70.1 Å². The maximum absolute atomic E-state index is 13.9. The molecule has 9 rings (SSSR count). The number of sulfonamides is 1. The van der Waals surface area contributed by atoms with E-state index in [9.17, 15) is 13.2 Å². The van der Waals surface area contributed by atoms with Crippen LogP contribution in [0.5, 0.6) is 17.4 Å². The van der Waals surface area contributed by atoms with Gasteiger partial charge in [0.2, 0.25) is 5.88 Å². The molecule has 2 N–H and O–H groups in total. The summed E-state index contributed by atoms with van der Waals surface area (Å²) in [6, 6.07) is 18.4. The van der Waals surface area contributed by atoms with Gasteiger partial charge < -0.3 is 19.4 Å². The maximum atomic E-state index is 13.9. The molecular weight excluding hydrogens is 878 g/mol. The number of piperazine rings is 1. The molecule has 12 nitrogen and oxygen atoms in total. The number of pyridine rings is 2. The Morgan fingerprint density at radius 2 is 1.81 bits per heavy atom. The Balaban J connectivity index is 0.907. The molecule has 0 spiro atoms. The fraction of sp³-hybridized carbons (Fsp3) is 0.362. The Kier molecular flexibility index (Phi) is 12.3. The molecule has 2 aromatic carbocycles. The van der Waals surface area contributed by atoms with Crippen molar-refractivity contribution in [1.29, 1.82) is 0 Å². The summed E-state index contributed by atoms with van der Waals surface area (Å²) in [5, 5.41) is 2.60. The molecule has 0 bridgehead atoms. The summed E-state index contributed by atoms with van der Waals surface area (Å²) in [5.74, 6) is -0.0933. The van der Waals surface area contributed by atoms with Crippen molar-refractivity contribution < 1.29 is 22.7 Å². The lowest BCUT2D eigenvalue weighted by molar-refractivity contribution is 0.0979. The highest BCUT2D eigenvalue weighted by Gasteiger charge is 2.31. The second kappa shape index (κ2) is 17.9. The molecule has 1 saturated heterocycles. The Morgan fingerprint density at radius 1 is 1.00 bits per heavy atom. The molecule has 4 aromatic heterocycles. The van der Waals surface area contributed by atoms with Gasteiger partial charge in [0.15, 0.2) is 0 Å². The Hall–Kier alpha value is -4.99. The molecule has 3 aliphatic rings. The minimum absolute atomic E-state index is 0.0124. The Bertz CT molecular complexity index is 2820. The molecule has 1 amide bonds. The predicted octanol–water partition coefficient (Wildman–Crippen LogP) is 10.2. The number of carbonyl (C=O) groups is 1. The molecule has 0 radical (unpaired) electrons. The molecule has 1 unspecified atom stereocenters. The van der Waals surface area contributed by atoms with Gasteiger partial charge in [0, 0.05) is 71.9 Å². The first-order chi connectivity index (χ1) is 30.3. The first kappa shape index (κ1) is 43.3. The number of aromatic nitrogens is 4. The van der Waals surface area contributed by atoms with E-state index in [1.54, 1.807) is 35.9 Å². The fourth-order valence-electron chi connectivity index (χ4n) is 8.85. The highest BCUT2D eigenvalue weighted by atomic mass is 35.5. The van der Waals surface area contributed by atoms with Crippen LogP contribution in [0, 0.1) is 12.3 Å². The summed E-state index contributed by atoms with van der Waals surface area (Å²) in [4.78, 5) is 36.2. The van der Waals surface area contributed by atoms with E-state index in [4.69, 9.17) is 37.7 Å². The molecule has 63 heavy (non-hydrogen) atoms. The van der Waals surface area contributed by atoms with Gasteiger partial charge in [0.25, 0.3) is 15.9 Å². The summed E-state index contributed by atoms with van der Waals surface area (Å²) in [6.45, 7) is 11.1. The van der Waals surface area contributed by atoms with Crippen molar-refractivity contribution in [3.63, 3.8) is 0 Å². The summed E-state index contributed by atoms with van der Waals surface area (Å²) < 4.78 is 41.9. The molecule has 16 heteroatoms. The number of allylic oxidation sites excluding steroid dienone is 1. The van der Waals surface area contributed by atoms with Gasteiger partial charge in [0.05, 0.1) is 35.3 Å². The average molecular weight is 927 g/mol. The molecule has 5 heterocycles. The number of rotatable bonds is 12. The lowest BCUT2D eigenvalue weighted by Crippen LogP contribution is -2.47. The van der Waals surface area contributed by atoms with Crippen molar-refractivity contribution in [2.75, 3.05) is 44.2 Å². The van der Waals surface area contributed by atoms with E-state index < -0.39 is 15.9 Å². The van der Waals surface area contributed by atoms with Crippen LogP contribution in [0.15, 0.2) is 89.7 Å². The van der Waals surface area contributed by atoms with E-state index in [0.29, 0.717) is 18.0 Å². The molecule has 328 valence electrons. The van der Waals surface area contributed by atoms with E-state index in [1.165, 1.54) is 27.7 Å². The minimum atomic E-state index is -4.42. The number of H-pyrrole nitrogens is 1. The van der Waals surface area contributed by atoms with Crippen LogP contribution in [0.4, 0.5) is 5.69 Å². The summed E-state index contributed by atoms with van der Waals surface area (Å²) >= 11 is 14.5. The highest BCUT2D eigenvalue weighted by molar-refractivity contribution is 7.90. The lowest BCUT2D eigenvalue weighted by Gasteiger charge is -2.39. The number of aryl methyl sites for hydroxylation is 2. The van der Waals surface area contributed by atoms with Crippen molar-refractivity contribution in [2.24, 2.45) is 5.41 Å². The number of benzene rings is 2. The number of nitrogens with zero attached hydrogens (tertiary/aromatic N) is 5. The topological polar surface area (TPSA) is 143 Å². The second-order valence-corrected chi connectivity index (χ2v) is 21.2. The Morgan fingerprint density at radius 3 is 2.60 bits per heavy atom. The molecule has 1 aliphatic heterocycles. The van der Waals surface area contributed by atoms with Crippen LogP contribution in [-0.2, 0) is 16.4 Å². The summed E-state index contributed by atoms with van der Waals surface area (Å²) in [7, 11) is -4.42. The van der Waals surface area contributed by atoms with Crippen LogP contribution in [0.2, 0.25) is 10.0 Å². The molecular formula is C47H49Cl2N7O5S2. The third-order valence-corrected chi connectivity index (χ3v) is 15.1. The first-order valence-corrected chi connectivity index (χ1v) is 24.3. The van der Waals surface area contributed by atoms with Gasteiger partial charge in [-0.15, -0.1) is 11.3 Å². The monoisotopic (exact) mass is 925 g/mol. The van der Waals surface area contributed by atoms with Gasteiger partial charge in [-0.05, 0) is 104 Å². The second-order valence-electron chi connectivity index (χ2n) is 17.4. The number of nitrogens with one attached hydrogen (secondary N) is 2. The van der Waals surface area contributed by atoms with E-state index >= 15 is 0 Å². The van der Waals surface area contributed by atoms with Crippen LogP contribution in [0.3, 0.4) is 0 Å². The number of thiazole rings is 1. The number of amides is 1. The SMILES string of the molecule is Cc1nc2c(s1)CCCC2COc1ncc(S(=O)(=O)NC(=O)c2ccc(N3CCN(CC4=C(c5ccc(Cl)cc5)CC(C)(C)CC4)CC3)cc2Oc2cnc3[nH]ccc3c2)cc1Cl. The zero-order valence-electron chi connectivity index (χ0n) is 35.4. The highest BCUT2D eigenvalue weighted by Crippen LogP contribution is 2.44. The number of aromatic amines is 1. The largest absolute Gasteiger partial charge is 0.476 e. The van der Waals surface area contributed by atoms with E-state index in [1.807, 2.05) is 37.3 Å². The third-order valence-electron chi connectivity index (χ3n) is 12.3. The number of fused-ring (bicyclic) bond motifs is 2. The summed E-state index contributed by atoms with van der Waals surface area (Å²) in [5.41, 5.74) is 7.02. The van der Waals surface area contributed by atoms with E-state index in [0.717, 1.165) is 104 Å². The maximum Gasteiger partial charge on any atom is 0.268 e. The third kappa shape index (κ3) is 9.75. The van der Waals surface area contributed by atoms with Crippen LogP contribution < -0.4 is 19.1 Å². The molecule has 1 atom stereocenters. The zero-order valence-corrected chi connectivity index (χ0v) is 38.6. The normalized spacial score (nSPS) is 18.0. The predicted molar refractivity (Wildman–Crippen MR) is 249 cm³/mol. The fourth-order valence-corrected chi connectivity index (χ4v) is 11.3. The van der Waals surface area contributed by atoms with Crippen LogP contribution in [0.1, 0.15) is 83.4 Å². The quantitative estimate of drug-likeness (QED) is 0.122. The van der Waals surface area contributed by atoms with Gasteiger partial charge in [-0.3, -0.25) is 9.69 Å². The number of hydrogen-bond donors (Lipinski definition) is 2. The molecule has 6 aromatic rings. The molecule has 2 aliphatic carbocycles. The number of carbonyl (C=O) groups excluding carboxylic acids is 1. The van der Waals surface area contributed by atoms with Gasteiger partial charge in [-0.2, -0.15) is 0 Å². The van der Waals surface area contributed by atoms with Crippen LogP contribution in [-0.4, -0.2) is 78.5 Å². The number of ether oxygens (including phenoxy) is 2. The molecule has 1 fully saturated rings. The lowest BCUT2D eigenvalue weighted by atomic mass is 9.72. The van der Waals surface area contributed by atoms with Crippen molar-refractivity contribution >= 4 is 72.8 Å². The first-order valence-electron chi connectivity index (χ1n) is 21.3. The van der Waals surface area contributed by atoms with Crippen LogP contribution >= 0.6 is 34.5 Å². The van der Waals surface area contributed by atoms with Crippen molar-refractivity contribution in [1.82, 2.24) is 29.6 Å². The van der Waals surface area contributed by atoms with Crippen molar-refractivity contribution in [3.05, 3.63) is 122 Å². The average Bonchev–Trinajstić information content (AvgIpc) is 3.90. The number of halogens is 2. The Labute approximate surface area is 381 Å². The van der Waals surface area contributed by atoms with Gasteiger partial charge in [-0.25, -0.2) is 28.1 Å². The van der Waals surface area contributed by atoms with E-state index in [2.05, 4.69) is 55.5 Å². The standard InChI is InChI=1S/C47H49Cl2N7O5S2/c1-29-53-43-33(5-4-6-42(43)62-29)28-60-46-40(49)23-37(26-52-46)63(58,59)54-45(57)38-12-11-35(22-41(38)61-36-21-31-14-16-50-44(31)51-25-36)56-19-17-55(18-20-56)27-32-13-15-47(2,3)24-39(32)30-7-9-34(48)10-8-30/h7-12,14,16,21-23,25-26,33H,4-6,13,15,17-20,24,27-28H2,1-3H3,(H,50,51)(H,54,57). The molecule has 0 saturated carbocycles. The van der Waals surface area contributed by atoms with Gasteiger partial charge >= 0.3 is 0 Å². The number of hydrogen-bond acceptors (Lipinski definition) is 11.